The summed E-state index contributed by atoms with van der Waals surface area (Å²) in [6.07, 6.45) is 0. The summed E-state index contributed by atoms with van der Waals surface area (Å²) < 4.78 is 18.8. The average Bonchev–Trinajstić information content (AvgIpc) is 2.10. The number of ketones is 1. The van der Waals surface area contributed by atoms with Crippen molar-refractivity contribution in [3.63, 3.8) is 0 Å². The molecule has 0 atom stereocenters. The molecule has 0 aliphatic carbocycles. The number of hydrogen-bond acceptors (Lipinski definition) is 2. The van der Waals surface area contributed by atoms with Crippen molar-refractivity contribution in [3.05, 3.63) is 27.5 Å². The van der Waals surface area contributed by atoms with E-state index in [4.69, 9.17) is 4.74 Å². The highest BCUT2D eigenvalue weighted by Crippen LogP contribution is 2.33. The number of ether oxygens (including phenoxy) is 1. The third-order valence-electron chi connectivity index (χ3n) is 1.99. The maximum atomic E-state index is 13.3. The summed E-state index contributed by atoms with van der Waals surface area (Å²) in [5.74, 6) is -0.237. The lowest BCUT2D eigenvalue weighted by Crippen LogP contribution is -2.03. The molecule has 0 radical (unpaired) electrons. The van der Waals surface area contributed by atoms with Gasteiger partial charge in [0, 0.05) is 0 Å². The number of Topliss-reactive ketones (excluding diaryl/α,β-unsaturated/α-hetero) is 1. The molecule has 0 amide bonds. The van der Waals surface area contributed by atoms with Crippen molar-refractivity contribution in [2.45, 2.75) is 13.8 Å². The normalized spacial score (nSPS) is 10.1. The molecule has 0 bridgehead atoms. The van der Waals surface area contributed by atoms with E-state index in [1.54, 1.807) is 6.92 Å². The fourth-order valence-corrected chi connectivity index (χ4v) is 1.88. The lowest BCUT2D eigenvalue weighted by molar-refractivity contribution is 0.101. The van der Waals surface area contributed by atoms with Crippen LogP contribution >= 0.6 is 15.9 Å². The third-order valence-corrected chi connectivity index (χ3v) is 2.58. The maximum absolute atomic E-state index is 13.3. The molecule has 0 aromatic heterocycles. The highest BCUT2D eigenvalue weighted by molar-refractivity contribution is 9.10. The molecule has 2 nitrogen and oxygen atoms in total. The van der Waals surface area contributed by atoms with E-state index >= 15 is 0 Å². The predicted molar refractivity (Wildman–Crippen MR) is 55.4 cm³/mol. The van der Waals surface area contributed by atoms with Crippen molar-refractivity contribution in [3.8, 4) is 5.75 Å². The summed E-state index contributed by atoms with van der Waals surface area (Å²) in [5, 5.41) is 0. The van der Waals surface area contributed by atoms with Crippen LogP contribution in [0.15, 0.2) is 10.5 Å². The van der Waals surface area contributed by atoms with E-state index in [0.29, 0.717) is 21.3 Å². The maximum Gasteiger partial charge on any atom is 0.163 e. The number of methoxy groups -OCH3 is 1. The SMILES string of the molecule is COc1c(Br)cc(F)c(C)c1C(C)=O. The molecule has 76 valence electrons. The van der Waals surface area contributed by atoms with Gasteiger partial charge in [-0.15, -0.1) is 0 Å². The minimum absolute atomic E-state index is 0.209. The number of benzene rings is 1. The van der Waals surface area contributed by atoms with Crippen LogP contribution in [0.5, 0.6) is 5.75 Å². The Kier molecular flexibility index (Phi) is 3.26. The topological polar surface area (TPSA) is 26.3 Å². The number of hydrogen-bond donors (Lipinski definition) is 0. The van der Waals surface area contributed by atoms with E-state index < -0.39 is 5.82 Å². The second kappa shape index (κ2) is 4.09. The quantitative estimate of drug-likeness (QED) is 0.764. The second-order valence-corrected chi connectivity index (χ2v) is 3.78. The van der Waals surface area contributed by atoms with Gasteiger partial charge in [-0.1, -0.05) is 0 Å². The van der Waals surface area contributed by atoms with E-state index in [0.717, 1.165) is 0 Å². The fourth-order valence-electron chi connectivity index (χ4n) is 1.32. The van der Waals surface area contributed by atoms with Crippen molar-refractivity contribution in [2.75, 3.05) is 7.11 Å². The molecule has 1 rings (SSSR count). The molecule has 0 spiro atoms. The lowest BCUT2D eigenvalue weighted by Gasteiger charge is -2.11. The standard InChI is InChI=1S/C10H10BrFO2/c1-5-8(12)4-7(11)10(14-3)9(5)6(2)13/h4H,1-3H3. The van der Waals surface area contributed by atoms with Crippen LogP contribution in [0, 0.1) is 12.7 Å². The fraction of sp³-hybridized carbons (Fsp3) is 0.300. The Hall–Kier alpha value is -0.900. The van der Waals surface area contributed by atoms with Crippen LogP contribution in [-0.4, -0.2) is 12.9 Å². The van der Waals surface area contributed by atoms with E-state index in [9.17, 15) is 9.18 Å². The van der Waals surface area contributed by atoms with E-state index in [1.165, 1.54) is 20.1 Å². The minimum atomic E-state index is -0.414. The molecular formula is C10H10BrFO2. The van der Waals surface area contributed by atoms with Gasteiger partial charge in [0.15, 0.2) is 5.78 Å². The highest BCUT2D eigenvalue weighted by Gasteiger charge is 2.18. The Morgan fingerprint density at radius 2 is 2.14 bits per heavy atom. The monoisotopic (exact) mass is 260 g/mol. The van der Waals surface area contributed by atoms with Crippen molar-refractivity contribution in [1.29, 1.82) is 0 Å². The molecule has 0 unspecified atom stereocenters. The van der Waals surface area contributed by atoms with Gasteiger partial charge in [0.2, 0.25) is 0 Å². The van der Waals surface area contributed by atoms with Crippen molar-refractivity contribution in [2.24, 2.45) is 0 Å². The number of carbonyl (C=O) groups is 1. The summed E-state index contributed by atoms with van der Waals surface area (Å²) in [6, 6.07) is 1.29. The van der Waals surface area contributed by atoms with E-state index in [1.807, 2.05) is 0 Å². The molecule has 0 saturated heterocycles. The smallest absolute Gasteiger partial charge is 0.163 e. The van der Waals surface area contributed by atoms with Crippen molar-refractivity contribution >= 4 is 21.7 Å². The summed E-state index contributed by atoms with van der Waals surface area (Å²) in [6.45, 7) is 2.94. The molecule has 0 fully saturated rings. The molecular weight excluding hydrogens is 251 g/mol. The van der Waals surface area contributed by atoms with Gasteiger partial charge in [-0.2, -0.15) is 0 Å². The minimum Gasteiger partial charge on any atom is -0.495 e. The van der Waals surface area contributed by atoms with Crippen LogP contribution in [0.25, 0.3) is 0 Å². The Morgan fingerprint density at radius 1 is 1.57 bits per heavy atom. The zero-order valence-corrected chi connectivity index (χ0v) is 9.74. The Labute approximate surface area is 90.2 Å². The van der Waals surface area contributed by atoms with Crippen LogP contribution in [0.4, 0.5) is 4.39 Å². The van der Waals surface area contributed by atoms with Gasteiger partial charge in [-0.25, -0.2) is 4.39 Å². The van der Waals surface area contributed by atoms with Crippen molar-refractivity contribution < 1.29 is 13.9 Å². The molecule has 14 heavy (non-hydrogen) atoms. The third kappa shape index (κ3) is 1.80. The first-order valence-corrected chi connectivity index (χ1v) is 4.81. The number of rotatable bonds is 2. The number of halogens is 2. The molecule has 0 saturated carbocycles. The Balaban J connectivity index is 3.56. The van der Waals surface area contributed by atoms with E-state index in [2.05, 4.69) is 15.9 Å². The molecule has 0 N–H and O–H groups in total. The average molecular weight is 261 g/mol. The second-order valence-electron chi connectivity index (χ2n) is 2.93. The van der Waals surface area contributed by atoms with Gasteiger partial charge in [0.25, 0.3) is 0 Å². The highest BCUT2D eigenvalue weighted by atomic mass is 79.9. The molecule has 0 aliphatic rings. The van der Waals surface area contributed by atoms with Gasteiger partial charge in [-0.3, -0.25) is 4.79 Å². The van der Waals surface area contributed by atoms with Crippen LogP contribution in [0.2, 0.25) is 0 Å². The van der Waals surface area contributed by atoms with Crippen molar-refractivity contribution in [1.82, 2.24) is 0 Å². The van der Waals surface area contributed by atoms with Crippen LogP contribution in [0.1, 0.15) is 22.8 Å². The molecule has 1 aromatic rings. The lowest BCUT2D eigenvalue weighted by atomic mass is 10.0. The first-order valence-electron chi connectivity index (χ1n) is 4.02. The van der Waals surface area contributed by atoms with Gasteiger partial charge in [0.05, 0.1) is 17.1 Å². The van der Waals surface area contributed by atoms with Crippen LogP contribution in [-0.2, 0) is 0 Å². The molecule has 0 heterocycles. The Bertz CT molecular complexity index is 388. The molecule has 1 aromatic carbocycles. The largest absolute Gasteiger partial charge is 0.495 e. The van der Waals surface area contributed by atoms with Gasteiger partial charge < -0.3 is 4.74 Å². The van der Waals surface area contributed by atoms with Crippen LogP contribution < -0.4 is 4.74 Å². The summed E-state index contributed by atoms with van der Waals surface area (Å²) >= 11 is 3.14. The Morgan fingerprint density at radius 3 is 2.57 bits per heavy atom. The van der Waals surface area contributed by atoms with Gasteiger partial charge in [-0.05, 0) is 41.4 Å². The summed E-state index contributed by atoms with van der Waals surface area (Å²) in [5.41, 5.74) is 0.608. The predicted octanol–water partition coefficient (Wildman–Crippen LogP) is 3.11. The molecule has 0 aliphatic heterocycles. The van der Waals surface area contributed by atoms with Gasteiger partial charge in [0.1, 0.15) is 11.6 Å². The first-order chi connectivity index (χ1) is 6.49. The molecule has 4 heteroatoms. The van der Waals surface area contributed by atoms with E-state index in [-0.39, 0.29) is 5.78 Å². The van der Waals surface area contributed by atoms with Crippen LogP contribution in [0.3, 0.4) is 0 Å². The summed E-state index contributed by atoms with van der Waals surface area (Å²) in [4.78, 5) is 11.3. The zero-order valence-electron chi connectivity index (χ0n) is 8.15. The number of carbonyl (C=O) groups excluding carboxylic acids is 1. The zero-order chi connectivity index (χ0) is 10.9. The van der Waals surface area contributed by atoms with Gasteiger partial charge >= 0.3 is 0 Å². The summed E-state index contributed by atoms with van der Waals surface area (Å²) in [7, 11) is 1.45. The first kappa shape index (κ1) is 11.2.